The van der Waals surface area contributed by atoms with Crippen molar-refractivity contribution >= 4 is 102 Å². The molecule has 0 spiro atoms. The molecular formula is C11H6Br6O2. The van der Waals surface area contributed by atoms with Crippen LogP contribution in [0.3, 0.4) is 0 Å². The Hall–Kier alpha value is 1.31. The zero-order valence-corrected chi connectivity index (χ0v) is 18.9. The van der Waals surface area contributed by atoms with Crippen LogP contribution < -0.4 is 0 Å². The summed E-state index contributed by atoms with van der Waals surface area (Å²) in [5.41, 5.74) is 0.999. The second kappa shape index (κ2) is 7.05. The van der Waals surface area contributed by atoms with E-state index < -0.39 is 9.39 Å². The minimum absolute atomic E-state index is 0.314. The summed E-state index contributed by atoms with van der Waals surface area (Å²) in [5, 5.41) is 0. The van der Waals surface area contributed by atoms with E-state index in [4.69, 9.17) is 4.74 Å². The number of halogens is 6. The molecule has 104 valence electrons. The van der Waals surface area contributed by atoms with Gasteiger partial charge in [-0.1, -0.05) is 6.58 Å². The first kappa shape index (κ1) is 18.4. The third-order valence-electron chi connectivity index (χ3n) is 1.99. The van der Waals surface area contributed by atoms with Gasteiger partial charge in [0, 0.05) is 29.0 Å². The van der Waals surface area contributed by atoms with Crippen LogP contribution in [0.1, 0.15) is 12.5 Å². The van der Waals surface area contributed by atoms with Crippen LogP contribution in [0.25, 0.3) is 0 Å². The molecule has 0 aliphatic carbocycles. The first-order valence-electron chi connectivity index (χ1n) is 4.68. The van der Waals surface area contributed by atoms with Gasteiger partial charge in [0.25, 0.3) is 0 Å². The topological polar surface area (TPSA) is 26.3 Å². The molecule has 0 saturated heterocycles. The molecule has 1 aromatic carbocycles. The molecule has 0 aromatic heterocycles. The lowest BCUT2D eigenvalue weighted by atomic mass is 10.2. The molecule has 0 saturated carbocycles. The number of hydrogen-bond acceptors (Lipinski definition) is 2. The molecule has 0 N–H and O–H groups in total. The van der Waals surface area contributed by atoms with Gasteiger partial charge < -0.3 is 4.74 Å². The SMILES string of the molecule is C=C(C)C(=O)OC(Br)(Br)c1cc(Br)c(Br)c(Br)c1Br. The molecule has 0 fully saturated rings. The van der Waals surface area contributed by atoms with E-state index in [0.717, 1.165) is 17.9 Å². The molecule has 0 amide bonds. The van der Waals surface area contributed by atoms with Crippen LogP contribution in [0.15, 0.2) is 36.1 Å². The fraction of sp³-hybridized carbons (Fsp3) is 0.182. The molecule has 0 radical (unpaired) electrons. The van der Waals surface area contributed by atoms with Gasteiger partial charge in [0.15, 0.2) is 0 Å². The van der Waals surface area contributed by atoms with E-state index in [1.807, 2.05) is 6.07 Å². The summed E-state index contributed by atoms with van der Waals surface area (Å²) < 4.78 is 7.38. The van der Waals surface area contributed by atoms with Crippen molar-refractivity contribution in [2.75, 3.05) is 0 Å². The van der Waals surface area contributed by atoms with Crippen LogP contribution in [0.5, 0.6) is 0 Å². The fourth-order valence-corrected chi connectivity index (χ4v) is 4.79. The van der Waals surface area contributed by atoms with Gasteiger partial charge in [-0.05, 0) is 109 Å². The van der Waals surface area contributed by atoms with Crippen molar-refractivity contribution in [1.82, 2.24) is 0 Å². The summed E-state index contributed by atoms with van der Waals surface area (Å²) in [6, 6.07) is 1.81. The highest BCUT2D eigenvalue weighted by Crippen LogP contribution is 2.49. The minimum atomic E-state index is -1.15. The molecule has 19 heavy (non-hydrogen) atoms. The van der Waals surface area contributed by atoms with Gasteiger partial charge in [-0.25, -0.2) is 4.79 Å². The van der Waals surface area contributed by atoms with Crippen molar-refractivity contribution in [1.29, 1.82) is 0 Å². The Bertz CT molecular complexity index is 553. The number of esters is 1. The van der Waals surface area contributed by atoms with E-state index in [0.29, 0.717) is 11.1 Å². The van der Waals surface area contributed by atoms with Crippen molar-refractivity contribution in [3.05, 3.63) is 41.7 Å². The monoisotopic (exact) mass is 644 g/mol. The van der Waals surface area contributed by atoms with Crippen LogP contribution in [0.4, 0.5) is 0 Å². The maximum Gasteiger partial charge on any atom is 0.335 e. The van der Waals surface area contributed by atoms with Gasteiger partial charge in [-0.3, -0.25) is 0 Å². The van der Waals surface area contributed by atoms with Crippen LogP contribution in [0, 0.1) is 0 Å². The molecular weight excluding hydrogens is 644 g/mol. The van der Waals surface area contributed by atoms with Gasteiger partial charge in [-0.15, -0.1) is 0 Å². The predicted molar refractivity (Wildman–Crippen MR) is 97.7 cm³/mol. The molecule has 8 heteroatoms. The number of hydrogen-bond donors (Lipinski definition) is 0. The Morgan fingerprint density at radius 3 is 2.16 bits per heavy atom. The number of benzene rings is 1. The number of alkyl halides is 2. The van der Waals surface area contributed by atoms with E-state index >= 15 is 0 Å². The standard InChI is InChI=1S/C11H6Br6O2/c1-4(2)10(18)19-11(16,17)5-3-6(12)8(14)9(15)7(5)13/h3H,1H2,2H3. The van der Waals surface area contributed by atoms with E-state index in [1.165, 1.54) is 0 Å². The third kappa shape index (κ3) is 4.39. The highest BCUT2D eigenvalue weighted by molar-refractivity contribution is 9.24. The van der Waals surface area contributed by atoms with Gasteiger partial charge in [-0.2, -0.15) is 0 Å². The zero-order valence-electron chi connectivity index (χ0n) is 9.37. The second-order valence-corrected chi connectivity index (χ2v) is 10.1. The summed E-state index contributed by atoms with van der Waals surface area (Å²) in [6.45, 7) is 5.13. The molecule has 0 atom stereocenters. The number of ether oxygens (including phenoxy) is 1. The highest BCUT2D eigenvalue weighted by atomic mass is 79.9. The first-order chi connectivity index (χ1) is 8.58. The molecule has 1 aromatic rings. The average Bonchev–Trinajstić information content (AvgIpc) is 2.30. The Morgan fingerprint density at radius 1 is 1.16 bits per heavy atom. The van der Waals surface area contributed by atoms with Crippen LogP contribution in [-0.2, 0) is 13.0 Å². The normalized spacial score (nSPS) is 11.3. The summed E-state index contributed by atoms with van der Waals surface area (Å²) in [6.07, 6.45) is 0. The molecule has 0 aliphatic heterocycles. The average molecular weight is 650 g/mol. The number of carbonyl (C=O) groups excluding carboxylic acids is 1. The van der Waals surface area contributed by atoms with Gasteiger partial charge in [0.1, 0.15) is 0 Å². The quantitative estimate of drug-likeness (QED) is 0.119. The molecule has 1 rings (SSSR count). The van der Waals surface area contributed by atoms with Crippen molar-refractivity contribution < 1.29 is 9.53 Å². The van der Waals surface area contributed by atoms with Gasteiger partial charge in [0.05, 0.1) is 0 Å². The molecule has 0 heterocycles. The predicted octanol–water partition coefficient (Wildman–Crippen LogP) is 6.76. The summed E-state index contributed by atoms with van der Waals surface area (Å²) >= 11 is 20.4. The Labute approximate surface area is 161 Å². The fourth-order valence-electron chi connectivity index (χ4n) is 1.04. The Kier molecular flexibility index (Phi) is 6.81. The molecule has 2 nitrogen and oxygen atoms in total. The van der Waals surface area contributed by atoms with Crippen molar-refractivity contribution in [3.63, 3.8) is 0 Å². The number of carbonyl (C=O) groups is 1. The smallest absolute Gasteiger partial charge is 0.335 e. The maximum atomic E-state index is 11.7. The van der Waals surface area contributed by atoms with Crippen molar-refractivity contribution in [3.8, 4) is 0 Å². The summed E-state index contributed by atoms with van der Waals surface area (Å²) in [4.78, 5) is 11.7. The lowest BCUT2D eigenvalue weighted by molar-refractivity contribution is -0.141. The number of rotatable bonds is 3. The summed E-state index contributed by atoms with van der Waals surface area (Å²) in [7, 11) is 0. The molecule has 0 bridgehead atoms. The van der Waals surface area contributed by atoms with Crippen molar-refractivity contribution in [2.24, 2.45) is 0 Å². The first-order valence-corrected chi connectivity index (χ1v) is 9.44. The van der Waals surface area contributed by atoms with E-state index in [1.54, 1.807) is 6.92 Å². The third-order valence-corrected chi connectivity index (χ3v) is 7.83. The highest BCUT2D eigenvalue weighted by Gasteiger charge is 2.34. The second-order valence-electron chi connectivity index (χ2n) is 3.53. The van der Waals surface area contributed by atoms with Crippen LogP contribution >= 0.6 is 95.6 Å². The Balaban J connectivity index is 3.29. The summed E-state index contributed by atoms with van der Waals surface area (Å²) in [5.74, 6) is -0.504. The lowest BCUT2D eigenvalue weighted by Gasteiger charge is -2.24. The van der Waals surface area contributed by atoms with Gasteiger partial charge >= 0.3 is 5.97 Å². The Morgan fingerprint density at radius 2 is 1.68 bits per heavy atom. The minimum Gasteiger partial charge on any atom is -0.429 e. The molecule has 0 aliphatic rings. The maximum absolute atomic E-state index is 11.7. The van der Waals surface area contributed by atoms with Crippen LogP contribution in [0.2, 0.25) is 0 Å². The zero-order chi connectivity index (χ0) is 15.0. The lowest BCUT2D eigenvalue weighted by Crippen LogP contribution is -2.20. The van der Waals surface area contributed by atoms with E-state index in [-0.39, 0.29) is 0 Å². The molecule has 0 unspecified atom stereocenters. The van der Waals surface area contributed by atoms with Crippen LogP contribution in [-0.4, -0.2) is 5.97 Å². The van der Waals surface area contributed by atoms with E-state index in [9.17, 15) is 4.79 Å². The largest absolute Gasteiger partial charge is 0.429 e. The van der Waals surface area contributed by atoms with Crippen molar-refractivity contribution in [2.45, 2.75) is 10.3 Å². The van der Waals surface area contributed by atoms with Gasteiger partial charge in [0.2, 0.25) is 3.42 Å². The van der Waals surface area contributed by atoms with E-state index in [2.05, 4.69) is 102 Å².